The van der Waals surface area contributed by atoms with Gasteiger partial charge < -0.3 is 0 Å². The number of aryl methyl sites for hydroxylation is 2. The van der Waals surface area contributed by atoms with Gasteiger partial charge in [0.25, 0.3) is 0 Å². The molecular weight excluding hydrogens is 260 g/mol. The lowest BCUT2D eigenvalue weighted by Crippen LogP contribution is -1.91. The molecule has 1 aromatic carbocycles. The highest BCUT2D eigenvalue weighted by atomic mass is 79.9. The van der Waals surface area contributed by atoms with Crippen molar-refractivity contribution < 1.29 is 4.21 Å². The maximum absolute atomic E-state index is 11.1. The third-order valence-electron chi connectivity index (χ3n) is 1.59. The topological polar surface area (TPSA) is 17.1 Å². The average molecular weight is 268 g/mol. The molecule has 0 aliphatic heterocycles. The minimum atomic E-state index is -1.41. The van der Waals surface area contributed by atoms with E-state index in [1.54, 1.807) is 0 Å². The molecule has 0 N–H and O–H groups in total. The van der Waals surface area contributed by atoms with Crippen molar-refractivity contribution in [2.75, 3.05) is 0 Å². The van der Waals surface area contributed by atoms with E-state index in [0.717, 1.165) is 20.5 Å². The normalized spacial score (nSPS) is 13.0. The van der Waals surface area contributed by atoms with Crippen LogP contribution in [0.3, 0.4) is 0 Å². The van der Waals surface area contributed by atoms with Gasteiger partial charge in [0.05, 0.1) is 4.90 Å². The molecule has 0 bridgehead atoms. The van der Waals surface area contributed by atoms with E-state index in [2.05, 4.69) is 15.9 Å². The summed E-state index contributed by atoms with van der Waals surface area (Å²) in [6.45, 7) is 3.79. The maximum atomic E-state index is 11.1. The van der Waals surface area contributed by atoms with Crippen molar-refractivity contribution in [1.82, 2.24) is 0 Å². The van der Waals surface area contributed by atoms with Gasteiger partial charge in [-0.05, 0) is 47.8 Å². The summed E-state index contributed by atoms with van der Waals surface area (Å²) in [6.07, 6.45) is 0. The Morgan fingerprint density at radius 3 is 2.08 bits per heavy atom. The van der Waals surface area contributed by atoms with Gasteiger partial charge in [0.2, 0.25) is 0 Å². The van der Waals surface area contributed by atoms with Crippen LogP contribution in [0.5, 0.6) is 0 Å². The van der Waals surface area contributed by atoms with Crippen molar-refractivity contribution in [3.05, 3.63) is 27.7 Å². The molecule has 0 spiro atoms. The van der Waals surface area contributed by atoms with Crippen molar-refractivity contribution in [3.8, 4) is 0 Å². The molecule has 0 amide bonds. The van der Waals surface area contributed by atoms with Crippen molar-refractivity contribution >= 4 is 36.6 Å². The predicted octanol–water partition coefficient (Wildman–Crippen LogP) is 3.33. The molecule has 1 nitrogen and oxygen atoms in total. The van der Waals surface area contributed by atoms with Gasteiger partial charge in [-0.25, -0.2) is 4.21 Å². The Bertz CT molecular complexity index is 315. The number of hydrogen-bond acceptors (Lipinski definition) is 1. The van der Waals surface area contributed by atoms with Gasteiger partial charge >= 0.3 is 0 Å². The molecule has 1 rings (SSSR count). The van der Waals surface area contributed by atoms with Gasteiger partial charge in [-0.1, -0.05) is 15.9 Å². The Morgan fingerprint density at radius 2 is 1.75 bits per heavy atom. The highest BCUT2D eigenvalue weighted by Gasteiger charge is 2.08. The smallest absolute Gasteiger partial charge is 0.148 e. The second-order valence-electron chi connectivity index (χ2n) is 2.59. The van der Waals surface area contributed by atoms with E-state index in [9.17, 15) is 4.21 Å². The first-order valence-corrected chi connectivity index (χ1v) is 6.14. The summed E-state index contributed by atoms with van der Waals surface area (Å²) in [5.74, 6) is 0. The molecule has 1 atom stereocenters. The number of hydrogen-bond donors (Lipinski definition) is 0. The Hall–Kier alpha value is 0.140. The predicted molar refractivity (Wildman–Crippen MR) is 55.9 cm³/mol. The SMILES string of the molecule is Cc1cc(Br)cc(C)c1S(=O)Cl. The van der Waals surface area contributed by atoms with Gasteiger partial charge in [-0.2, -0.15) is 0 Å². The number of benzene rings is 1. The lowest BCUT2D eigenvalue weighted by atomic mass is 10.2. The van der Waals surface area contributed by atoms with Crippen molar-refractivity contribution in [2.24, 2.45) is 0 Å². The minimum Gasteiger partial charge on any atom is -0.237 e. The largest absolute Gasteiger partial charge is 0.237 e. The molecule has 1 aromatic rings. The molecule has 0 heterocycles. The van der Waals surface area contributed by atoms with Crippen LogP contribution >= 0.6 is 26.6 Å². The summed E-state index contributed by atoms with van der Waals surface area (Å²) in [5.41, 5.74) is 1.91. The maximum Gasteiger partial charge on any atom is 0.148 e. The van der Waals surface area contributed by atoms with Crippen LogP contribution in [0.1, 0.15) is 11.1 Å². The van der Waals surface area contributed by atoms with Gasteiger partial charge in [-0.3, -0.25) is 0 Å². The zero-order chi connectivity index (χ0) is 9.30. The van der Waals surface area contributed by atoms with Crippen LogP contribution in [0.4, 0.5) is 0 Å². The van der Waals surface area contributed by atoms with Crippen LogP contribution in [0, 0.1) is 13.8 Å². The highest BCUT2D eigenvalue weighted by Crippen LogP contribution is 2.24. The van der Waals surface area contributed by atoms with E-state index in [1.165, 1.54) is 0 Å². The Balaban J connectivity index is 3.38. The Kier molecular flexibility index (Phi) is 3.32. The van der Waals surface area contributed by atoms with Crippen LogP contribution in [-0.2, 0) is 10.0 Å². The van der Waals surface area contributed by atoms with Gasteiger partial charge in [-0.15, -0.1) is 0 Å². The third kappa shape index (κ3) is 2.09. The first-order valence-electron chi connectivity index (χ1n) is 3.37. The molecular formula is C8H8BrClOS. The summed E-state index contributed by atoms with van der Waals surface area (Å²) in [4.78, 5) is 0.722. The molecule has 0 radical (unpaired) electrons. The van der Waals surface area contributed by atoms with Crippen LogP contribution in [0.15, 0.2) is 21.5 Å². The molecule has 0 fully saturated rings. The van der Waals surface area contributed by atoms with Crippen LogP contribution in [-0.4, -0.2) is 4.21 Å². The number of rotatable bonds is 1. The van der Waals surface area contributed by atoms with E-state index in [1.807, 2.05) is 26.0 Å². The van der Waals surface area contributed by atoms with Gasteiger partial charge in [0, 0.05) is 4.47 Å². The zero-order valence-corrected chi connectivity index (χ0v) is 9.89. The van der Waals surface area contributed by atoms with E-state index < -0.39 is 10.0 Å². The summed E-state index contributed by atoms with van der Waals surface area (Å²) in [6, 6.07) is 3.81. The number of halogens is 2. The van der Waals surface area contributed by atoms with Crippen molar-refractivity contribution in [1.29, 1.82) is 0 Å². The molecule has 0 aromatic heterocycles. The first-order chi connectivity index (χ1) is 5.52. The molecule has 0 saturated heterocycles. The minimum absolute atomic E-state index is 0.722. The summed E-state index contributed by atoms with van der Waals surface area (Å²) < 4.78 is 12.0. The van der Waals surface area contributed by atoms with Crippen molar-refractivity contribution in [2.45, 2.75) is 18.7 Å². The molecule has 0 aliphatic carbocycles. The second-order valence-corrected chi connectivity index (χ2v) is 5.20. The van der Waals surface area contributed by atoms with Crippen LogP contribution < -0.4 is 0 Å². The zero-order valence-electron chi connectivity index (χ0n) is 6.73. The molecule has 12 heavy (non-hydrogen) atoms. The van der Waals surface area contributed by atoms with Gasteiger partial charge in [0.15, 0.2) is 0 Å². The van der Waals surface area contributed by atoms with E-state index in [-0.39, 0.29) is 0 Å². The van der Waals surface area contributed by atoms with E-state index in [0.29, 0.717) is 0 Å². The first kappa shape index (κ1) is 10.2. The summed E-state index contributed by atoms with van der Waals surface area (Å²) in [7, 11) is 4.11. The monoisotopic (exact) mass is 266 g/mol. The fraction of sp³-hybridized carbons (Fsp3) is 0.250. The molecule has 0 saturated carbocycles. The third-order valence-corrected chi connectivity index (χ3v) is 3.47. The van der Waals surface area contributed by atoms with E-state index in [4.69, 9.17) is 10.7 Å². The van der Waals surface area contributed by atoms with E-state index >= 15 is 0 Å². The van der Waals surface area contributed by atoms with Crippen LogP contribution in [0.25, 0.3) is 0 Å². The Morgan fingerprint density at radius 1 is 1.33 bits per heavy atom. The lowest BCUT2D eigenvalue weighted by molar-refractivity contribution is 0.690. The molecule has 0 aliphatic rings. The summed E-state index contributed by atoms with van der Waals surface area (Å²) in [5, 5.41) is 0. The molecule has 4 heteroatoms. The lowest BCUT2D eigenvalue weighted by Gasteiger charge is -2.05. The Labute approximate surface area is 87.2 Å². The quantitative estimate of drug-likeness (QED) is 0.713. The highest BCUT2D eigenvalue weighted by molar-refractivity contribution is 9.10. The van der Waals surface area contributed by atoms with Crippen LogP contribution in [0.2, 0.25) is 0 Å². The van der Waals surface area contributed by atoms with Crippen molar-refractivity contribution in [3.63, 3.8) is 0 Å². The van der Waals surface area contributed by atoms with Gasteiger partial charge in [0.1, 0.15) is 10.0 Å². The average Bonchev–Trinajstić information content (AvgIpc) is 1.82. The second kappa shape index (κ2) is 3.90. The summed E-state index contributed by atoms with van der Waals surface area (Å²) >= 11 is 3.35. The fourth-order valence-corrected chi connectivity index (χ4v) is 3.19. The molecule has 1 unspecified atom stereocenters. The molecule has 66 valence electrons. The standard InChI is InChI=1S/C8H8BrClOS/c1-5-3-7(9)4-6(2)8(5)12(10)11/h3-4H,1-2H3. The fourth-order valence-electron chi connectivity index (χ4n) is 1.15.